The van der Waals surface area contributed by atoms with Gasteiger partial charge in [0.1, 0.15) is 12.4 Å². The Morgan fingerprint density at radius 1 is 0.962 bits per heavy atom. The number of hydrogen-bond acceptors (Lipinski definition) is 4. The number of hydrazone groups is 1. The van der Waals surface area contributed by atoms with Crippen LogP contribution in [0.3, 0.4) is 0 Å². The first-order valence-electron chi connectivity index (χ1n) is 8.14. The van der Waals surface area contributed by atoms with Crippen molar-refractivity contribution >= 4 is 11.9 Å². The van der Waals surface area contributed by atoms with Crippen LogP contribution in [0, 0.1) is 5.82 Å². The Hall–Kier alpha value is -3.34. The molecule has 1 N–H and O–H groups in total. The molecule has 0 unspecified atom stereocenters. The Kier molecular flexibility index (Phi) is 5.83. The molecule has 3 aromatic carbocycles. The summed E-state index contributed by atoms with van der Waals surface area (Å²) in [6, 6.07) is 21.6. The molecule has 0 aliphatic rings. The molecule has 0 aliphatic heterocycles. The average Bonchev–Trinajstić information content (AvgIpc) is 2.68. The first-order chi connectivity index (χ1) is 12.8. The minimum atomic E-state index is -0.392. The summed E-state index contributed by atoms with van der Waals surface area (Å²) in [6.07, 6.45) is 1.71. The Morgan fingerprint density at radius 2 is 1.73 bits per heavy atom. The van der Waals surface area contributed by atoms with Crippen molar-refractivity contribution in [1.29, 1.82) is 0 Å². The molecule has 3 aromatic rings. The number of hydrogen-bond donors (Lipinski definition) is 1. The lowest BCUT2D eigenvalue weighted by Crippen LogP contribution is -2.01. The number of halogens is 1. The van der Waals surface area contributed by atoms with Crippen molar-refractivity contribution in [3.8, 4) is 11.5 Å². The molecule has 0 spiro atoms. The lowest BCUT2D eigenvalue weighted by atomic mass is 10.1. The number of ether oxygens (including phenoxy) is 2. The average molecular weight is 350 g/mol. The molecular weight excluding hydrogens is 331 g/mol. The number of nitrogens with one attached hydrogen (secondary N) is 1. The van der Waals surface area contributed by atoms with Gasteiger partial charge >= 0.3 is 0 Å². The second-order valence-electron chi connectivity index (χ2n) is 5.53. The van der Waals surface area contributed by atoms with Crippen molar-refractivity contribution in [3.63, 3.8) is 0 Å². The van der Waals surface area contributed by atoms with Gasteiger partial charge in [-0.05, 0) is 48.0 Å². The first-order valence-corrected chi connectivity index (χ1v) is 8.14. The van der Waals surface area contributed by atoms with Crippen LogP contribution in [0.2, 0.25) is 0 Å². The van der Waals surface area contributed by atoms with Gasteiger partial charge in [-0.15, -0.1) is 0 Å². The molecule has 0 amide bonds. The summed E-state index contributed by atoms with van der Waals surface area (Å²) in [5, 5.41) is 4.22. The normalized spacial score (nSPS) is 10.7. The van der Waals surface area contributed by atoms with Gasteiger partial charge in [0.2, 0.25) is 0 Å². The quantitative estimate of drug-likeness (QED) is 0.489. The van der Waals surface area contributed by atoms with E-state index in [4.69, 9.17) is 9.47 Å². The van der Waals surface area contributed by atoms with Crippen molar-refractivity contribution in [2.45, 2.75) is 6.61 Å². The highest BCUT2D eigenvalue weighted by Crippen LogP contribution is 2.23. The predicted molar refractivity (Wildman–Crippen MR) is 101 cm³/mol. The third-order valence-electron chi connectivity index (χ3n) is 3.71. The molecule has 0 aliphatic carbocycles. The van der Waals surface area contributed by atoms with Crippen LogP contribution >= 0.6 is 0 Å². The zero-order chi connectivity index (χ0) is 18.2. The summed E-state index contributed by atoms with van der Waals surface area (Å²) in [7, 11) is 1.59. The molecule has 0 heterocycles. The number of nitrogens with zero attached hydrogens (tertiary/aromatic N) is 1. The summed E-state index contributed by atoms with van der Waals surface area (Å²) < 4.78 is 24.6. The molecule has 4 nitrogen and oxygen atoms in total. The van der Waals surface area contributed by atoms with Gasteiger partial charge in [0, 0.05) is 5.56 Å². The molecule has 0 saturated carbocycles. The van der Waals surface area contributed by atoms with Crippen molar-refractivity contribution < 1.29 is 13.9 Å². The van der Waals surface area contributed by atoms with Gasteiger partial charge in [-0.2, -0.15) is 5.10 Å². The van der Waals surface area contributed by atoms with Crippen molar-refractivity contribution in [2.24, 2.45) is 5.10 Å². The highest BCUT2D eigenvalue weighted by molar-refractivity contribution is 5.81. The summed E-state index contributed by atoms with van der Waals surface area (Å²) in [4.78, 5) is 0. The topological polar surface area (TPSA) is 42.8 Å². The highest BCUT2D eigenvalue weighted by atomic mass is 19.1. The summed E-state index contributed by atoms with van der Waals surface area (Å²) >= 11 is 0. The van der Waals surface area contributed by atoms with E-state index < -0.39 is 5.82 Å². The molecule has 5 heteroatoms. The third-order valence-corrected chi connectivity index (χ3v) is 3.71. The van der Waals surface area contributed by atoms with Crippen LogP contribution < -0.4 is 14.9 Å². The fourth-order valence-corrected chi connectivity index (χ4v) is 2.40. The monoisotopic (exact) mass is 350 g/mol. The standard InChI is InChI=1S/C21H19FN2O2/c1-25-20-12-11-16(14-23-24-18-7-3-2-4-8-18)13-17(20)15-26-21-10-6-5-9-19(21)22/h2-14,24H,15H2,1H3. The van der Waals surface area contributed by atoms with Crippen molar-refractivity contribution in [2.75, 3.05) is 12.5 Å². The molecule has 0 bridgehead atoms. The van der Waals surface area contributed by atoms with Crippen LogP contribution in [0.1, 0.15) is 11.1 Å². The van der Waals surface area contributed by atoms with Gasteiger partial charge in [-0.3, -0.25) is 5.43 Å². The predicted octanol–water partition coefficient (Wildman–Crippen LogP) is 4.86. The van der Waals surface area contributed by atoms with Crippen LogP contribution in [0.15, 0.2) is 77.9 Å². The second kappa shape index (κ2) is 8.67. The summed E-state index contributed by atoms with van der Waals surface area (Å²) in [5.74, 6) is 0.491. The van der Waals surface area contributed by atoms with E-state index in [1.165, 1.54) is 6.07 Å². The van der Waals surface area contributed by atoms with Gasteiger partial charge in [-0.1, -0.05) is 30.3 Å². The van der Waals surface area contributed by atoms with Crippen LogP contribution in [0.5, 0.6) is 11.5 Å². The molecule has 0 saturated heterocycles. The fourth-order valence-electron chi connectivity index (χ4n) is 2.40. The molecule has 0 fully saturated rings. The molecule has 0 aromatic heterocycles. The van der Waals surface area contributed by atoms with E-state index in [0.717, 1.165) is 16.8 Å². The number of methoxy groups -OCH3 is 1. The highest BCUT2D eigenvalue weighted by Gasteiger charge is 2.07. The Labute approximate surface area is 151 Å². The van der Waals surface area contributed by atoms with Crippen LogP contribution in [0.4, 0.5) is 10.1 Å². The number of rotatable bonds is 7. The van der Waals surface area contributed by atoms with Crippen molar-refractivity contribution in [3.05, 3.63) is 89.7 Å². The van der Waals surface area contributed by atoms with Crippen LogP contribution in [-0.2, 0) is 6.61 Å². The van der Waals surface area contributed by atoms with Gasteiger partial charge in [-0.25, -0.2) is 4.39 Å². The zero-order valence-electron chi connectivity index (χ0n) is 14.4. The van der Waals surface area contributed by atoms with E-state index in [9.17, 15) is 4.39 Å². The lowest BCUT2D eigenvalue weighted by Gasteiger charge is -2.11. The maximum Gasteiger partial charge on any atom is 0.165 e. The molecule has 26 heavy (non-hydrogen) atoms. The van der Waals surface area contributed by atoms with Gasteiger partial charge in [0.25, 0.3) is 0 Å². The lowest BCUT2D eigenvalue weighted by molar-refractivity contribution is 0.282. The molecule has 0 radical (unpaired) electrons. The number of para-hydroxylation sites is 2. The SMILES string of the molecule is COc1ccc(C=NNc2ccccc2)cc1COc1ccccc1F. The Balaban J connectivity index is 1.70. The maximum atomic E-state index is 13.7. The summed E-state index contributed by atoms with van der Waals surface area (Å²) in [6.45, 7) is 0.192. The smallest absolute Gasteiger partial charge is 0.165 e. The van der Waals surface area contributed by atoms with Gasteiger partial charge < -0.3 is 9.47 Å². The van der Waals surface area contributed by atoms with E-state index in [0.29, 0.717) is 5.75 Å². The Morgan fingerprint density at radius 3 is 2.50 bits per heavy atom. The van der Waals surface area contributed by atoms with Crippen LogP contribution in [-0.4, -0.2) is 13.3 Å². The Bertz CT molecular complexity index is 882. The molecule has 132 valence electrons. The van der Waals surface area contributed by atoms with E-state index in [-0.39, 0.29) is 12.4 Å². The zero-order valence-corrected chi connectivity index (χ0v) is 14.4. The van der Waals surface area contributed by atoms with Gasteiger partial charge in [0.05, 0.1) is 19.0 Å². The van der Waals surface area contributed by atoms with Gasteiger partial charge in [0.15, 0.2) is 11.6 Å². The molecule has 3 rings (SSSR count). The third kappa shape index (κ3) is 4.60. The number of anilines is 1. The minimum Gasteiger partial charge on any atom is -0.496 e. The fraction of sp³-hybridized carbons (Fsp3) is 0.0952. The second-order valence-corrected chi connectivity index (χ2v) is 5.53. The van der Waals surface area contributed by atoms with E-state index in [2.05, 4.69) is 10.5 Å². The largest absolute Gasteiger partial charge is 0.496 e. The minimum absolute atomic E-state index is 0.192. The van der Waals surface area contributed by atoms with E-state index in [1.807, 2.05) is 48.5 Å². The summed E-state index contributed by atoms with van der Waals surface area (Å²) in [5.41, 5.74) is 5.55. The molecule has 0 atom stereocenters. The van der Waals surface area contributed by atoms with E-state index >= 15 is 0 Å². The maximum absolute atomic E-state index is 13.7. The first kappa shape index (κ1) is 17.5. The van der Waals surface area contributed by atoms with Crippen LogP contribution in [0.25, 0.3) is 0 Å². The number of benzene rings is 3. The van der Waals surface area contributed by atoms with Crippen molar-refractivity contribution in [1.82, 2.24) is 0 Å². The van der Waals surface area contributed by atoms with E-state index in [1.54, 1.807) is 31.5 Å². The molecular formula is C21H19FN2O2.